The van der Waals surface area contributed by atoms with E-state index in [0.29, 0.717) is 24.7 Å². The summed E-state index contributed by atoms with van der Waals surface area (Å²) in [7, 11) is -3.71. The highest BCUT2D eigenvalue weighted by Crippen LogP contribution is 2.23. The molecule has 0 amide bonds. The summed E-state index contributed by atoms with van der Waals surface area (Å²) in [6, 6.07) is 9.08. The van der Waals surface area contributed by atoms with E-state index >= 15 is 0 Å². The summed E-state index contributed by atoms with van der Waals surface area (Å²) >= 11 is 6.04. The van der Waals surface area contributed by atoms with Crippen molar-refractivity contribution in [2.75, 3.05) is 26.2 Å². The molecular formula is C17H17ClFN3O4S. The highest BCUT2D eigenvalue weighted by Gasteiger charge is 2.29. The van der Waals surface area contributed by atoms with Gasteiger partial charge in [-0.2, -0.15) is 4.31 Å². The van der Waals surface area contributed by atoms with Crippen LogP contribution >= 0.6 is 11.6 Å². The minimum absolute atomic E-state index is 0.0307. The number of piperazine rings is 1. The fourth-order valence-electron chi connectivity index (χ4n) is 2.91. The van der Waals surface area contributed by atoms with Gasteiger partial charge in [0.25, 0.3) is 5.69 Å². The molecule has 0 bridgehead atoms. The van der Waals surface area contributed by atoms with Crippen LogP contribution in [0.25, 0.3) is 0 Å². The topological polar surface area (TPSA) is 83.8 Å². The first-order chi connectivity index (χ1) is 12.8. The number of hydrogen-bond donors (Lipinski definition) is 0. The molecule has 1 aliphatic rings. The Kier molecular flexibility index (Phi) is 5.75. The Morgan fingerprint density at radius 3 is 2.26 bits per heavy atom. The van der Waals surface area contributed by atoms with E-state index in [0.717, 1.165) is 5.56 Å². The molecule has 144 valence electrons. The van der Waals surface area contributed by atoms with Crippen molar-refractivity contribution in [3.05, 3.63) is 69.0 Å². The molecule has 1 heterocycles. The van der Waals surface area contributed by atoms with Crippen LogP contribution < -0.4 is 0 Å². The van der Waals surface area contributed by atoms with Crippen molar-refractivity contribution < 1.29 is 17.7 Å². The van der Waals surface area contributed by atoms with Crippen LogP contribution in [0.15, 0.2) is 47.4 Å². The van der Waals surface area contributed by atoms with Crippen molar-refractivity contribution in [1.82, 2.24) is 9.21 Å². The lowest BCUT2D eigenvalue weighted by Crippen LogP contribution is -2.48. The monoisotopic (exact) mass is 413 g/mol. The molecule has 2 aromatic carbocycles. The molecule has 0 radical (unpaired) electrons. The minimum atomic E-state index is -3.71. The van der Waals surface area contributed by atoms with Crippen molar-refractivity contribution in [2.45, 2.75) is 11.4 Å². The minimum Gasteiger partial charge on any atom is -0.296 e. The molecule has 1 saturated heterocycles. The zero-order valence-corrected chi connectivity index (χ0v) is 15.8. The number of non-ortho nitro benzene ring substituents is 1. The van der Waals surface area contributed by atoms with Gasteiger partial charge in [0.1, 0.15) is 5.82 Å². The van der Waals surface area contributed by atoms with Gasteiger partial charge >= 0.3 is 0 Å². The van der Waals surface area contributed by atoms with Gasteiger partial charge < -0.3 is 0 Å². The second kappa shape index (κ2) is 7.89. The lowest BCUT2D eigenvalue weighted by Gasteiger charge is -2.34. The zero-order chi connectivity index (χ0) is 19.6. The Bertz CT molecular complexity index is 945. The molecule has 0 spiro atoms. The Labute approximate surface area is 161 Å². The highest BCUT2D eigenvalue weighted by atomic mass is 35.5. The SMILES string of the molecule is O=[N+]([O-])c1ccc(S(=O)(=O)N2CCN(Cc3ccc(F)cc3Cl)CC2)cc1. The summed E-state index contributed by atoms with van der Waals surface area (Å²) in [5.74, 6) is -0.400. The number of halogens is 2. The molecule has 7 nitrogen and oxygen atoms in total. The van der Waals surface area contributed by atoms with Crippen molar-refractivity contribution in [3.8, 4) is 0 Å². The van der Waals surface area contributed by atoms with Gasteiger partial charge in [0.05, 0.1) is 9.82 Å². The van der Waals surface area contributed by atoms with Gasteiger partial charge in [-0.25, -0.2) is 12.8 Å². The number of nitro groups is 1. The van der Waals surface area contributed by atoms with Gasteiger partial charge in [0.2, 0.25) is 10.0 Å². The largest absolute Gasteiger partial charge is 0.296 e. The Morgan fingerprint density at radius 2 is 1.70 bits per heavy atom. The van der Waals surface area contributed by atoms with Gasteiger partial charge in [-0.05, 0) is 29.8 Å². The van der Waals surface area contributed by atoms with E-state index in [9.17, 15) is 22.9 Å². The molecule has 1 fully saturated rings. The maximum absolute atomic E-state index is 13.1. The van der Waals surface area contributed by atoms with E-state index in [-0.39, 0.29) is 23.7 Å². The third kappa shape index (κ3) is 4.44. The van der Waals surface area contributed by atoms with Crippen LogP contribution in [0.2, 0.25) is 5.02 Å². The summed E-state index contributed by atoms with van der Waals surface area (Å²) < 4.78 is 39.9. The second-order valence-corrected chi connectivity index (χ2v) is 8.51. The van der Waals surface area contributed by atoms with Crippen molar-refractivity contribution in [2.24, 2.45) is 0 Å². The summed E-state index contributed by atoms with van der Waals surface area (Å²) in [5, 5.41) is 11.0. The van der Waals surface area contributed by atoms with Crippen LogP contribution in [0.1, 0.15) is 5.56 Å². The summed E-state index contributed by atoms with van der Waals surface area (Å²) in [6.07, 6.45) is 0. The standard InChI is InChI=1S/C17H17ClFN3O4S/c18-17-11-14(19)2-1-13(17)12-20-7-9-21(10-8-20)27(25,26)16-5-3-15(4-6-16)22(23)24/h1-6,11H,7-10,12H2. The lowest BCUT2D eigenvalue weighted by molar-refractivity contribution is -0.384. The van der Waals surface area contributed by atoms with Gasteiger partial charge in [0, 0.05) is 49.9 Å². The highest BCUT2D eigenvalue weighted by molar-refractivity contribution is 7.89. The summed E-state index contributed by atoms with van der Waals surface area (Å²) in [4.78, 5) is 12.2. The summed E-state index contributed by atoms with van der Waals surface area (Å²) in [6.45, 7) is 2.08. The van der Waals surface area contributed by atoms with Crippen molar-refractivity contribution in [1.29, 1.82) is 0 Å². The maximum Gasteiger partial charge on any atom is 0.269 e. The molecule has 0 aliphatic carbocycles. The molecule has 10 heteroatoms. The smallest absolute Gasteiger partial charge is 0.269 e. The molecule has 2 aromatic rings. The average molecular weight is 414 g/mol. The molecular weight excluding hydrogens is 397 g/mol. The van der Waals surface area contributed by atoms with Crippen LogP contribution in [0.3, 0.4) is 0 Å². The average Bonchev–Trinajstić information content (AvgIpc) is 2.64. The van der Waals surface area contributed by atoms with E-state index in [1.165, 1.54) is 40.7 Å². The first kappa shape index (κ1) is 19.7. The molecule has 0 N–H and O–H groups in total. The summed E-state index contributed by atoms with van der Waals surface area (Å²) in [5.41, 5.74) is 0.625. The predicted octanol–water partition coefficient (Wildman–Crippen LogP) is 2.89. The van der Waals surface area contributed by atoms with Crippen LogP contribution in [-0.2, 0) is 16.6 Å². The molecule has 3 rings (SSSR count). The number of rotatable bonds is 5. The quantitative estimate of drug-likeness (QED) is 0.556. The lowest BCUT2D eigenvalue weighted by atomic mass is 10.2. The number of nitro benzene ring substituents is 1. The zero-order valence-electron chi connectivity index (χ0n) is 14.2. The molecule has 0 unspecified atom stereocenters. The van der Waals surface area contributed by atoms with Crippen LogP contribution in [-0.4, -0.2) is 48.7 Å². The van der Waals surface area contributed by atoms with E-state index in [2.05, 4.69) is 0 Å². The van der Waals surface area contributed by atoms with Crippen molar-refractivity contribution >= 4 is 27.3 Å². The van der Waals surface area contributed by atoms with Gasteiger partial charge in [-0.15, -0.1) is 0 Å². The first-order valence-electron chi connectivity index (χ1n) is 8.18. The van der Waals surface area contributed by atoms with Gasteiger partial charge in [-0.1, -0.05) is 17.7 Å². The van der Waals surface area contributed by atoms with Gasteiger partial charge in [-0.3, -0.25) is 15.0 Å². The fraction of sp³-hybridized carbons (Fsp3) is 0.294. The van der Waals surface area contributed by atoms with E-state index in [1.807, 2.05) is 4.90 Å². The number of benzene rings is 2. The Hall–Kier alpha value is -2.07. The van der Waals surface area contributed by atoms with Crippen LogP contribution in [0, 0.1) is 15.9 Å². The Balaban J connectivity index is 1.64. The molecule has 0 saturated carbocycles. The Morgan fingerprint density at radius 1 is 1.07 bits per heavy atom. The molecule has 0 aromatic heterocycles. The van der Waals surface area contributed by atoms with Gasteiger partial charge in [0.15, 0.2) is 0 Å². The third-order valence-electron chi connectivity index (χ3n) is 4.43. The van der Waals surface area contributed by atoms with E-state index in [1.54, 1.807) is 6.07 Å². The van der Waals surface area contributed by atoms with E-state index in [4.69, 9.17) is 11.6 Å². The fourth-order valence-corrected chi connectivity index (χ4v) is 4.56. The first-order valence-corrected chi connectivity index (χ1v) is 10.00. The number of nitrogens with zero attached hydrogens (tertiary/aromatic N) is 3. The molecule has 27 heavy (non-hydrogen) atoms. The predicted molar refractivity (Wildman–Crippen MR) is 98.5 cm³/mol. The van der Waals surface area contributed by atoms with E-state index < -0.39 is 20.8 Å². The normalized spacial score (nSPS) is 16.4. The van der Waals surface area contributed by atoms with Crippen molar-refractivity contribution in [3.63, 3.8) is 0 Å². The number of hydrogen-bond acceptors (Lipinski definition) is 5. The third-order valence-corrected chi connectivity index (χ3v) is 6.69. The van der Waals surface area contributed by atoms with Crippen LogP contribution in [0.4, 0.5) is 10.1 Å². The molecule has 1 aliphatic heterocycles. The maximum atomic E-state index is 13.1. The second-order valence-electron chi connectivity index (χ2n) is 6.17. The van der Waals surface area contributed by atoms with Crippen LogP contribution in [0.5, 0.6) is 0 Å². The number of sulfonamides is 1. The molecule has 0 atom stereocenters.